The Morgan fingerprint density at radius 2 is 0.941 bits per heavy atom. The van der Waals surface area contributed by atoms with E-state index in [2.05, 4.69) is 20.8 Å². The number of unbranched alkanes of at least 4 members (excludes halogenated alkanes) is 11. The molecule has 0 aliphatic heterocycles. The summed E-state index contributed by atoms with van der Waals surface area (Å²) in [6.45, 7) is 8.37. The Bertz CT molecular complexity index is 126. The maximum absolute atomic E-state index is 3.88. The second kappa shape index (κ2) is 14.1. The van der Waals surface area contributed by atoms with Crippen molar-refractivity contribution >= 4 is 0 Å². The molecular weight excluding hydrogens is 204 g/mol. The van der Waals surface area contributed by atoms with E-state index >= 15 is 0 Å². The van der Waals surface area contributed by atoms with Crippen LogP contribution in [0, 0.1) is 12.8 Å². The molecular formula is C17H34. The molecule has 0 N–H and O–H groups in total. The first kappa shape index (κ1) is 17.0. The fraction of sp³-hybridized carbons (Fsp3) is 0.882. The molecule has 0 aromatic carbocycles. The van der Waals surface area contributed by atoms with Crippen LogP contribution in [0.4, 0.5) is 0 Å². The summed E-state index contributed by atoms with van der Waals surface area (Å²) in [5.74, 6) is 1.59. The molecule has 0 rings (SSSR count). The molecule has 0 aromatic rings. The lowest BCUT2D eigenvalue weighted by Crippen LogP contribution is -1.85. The van der Waals surface area contributed by atoms with Crippen LogP contribution >= 0.6 is 0 Å². The summed E-state index contributed by atoms with van der Waals surface area (Å²) in [4.78, 5) is 0. The van der Waals surface area contributed by atoms with Crippen LogP contribution in [0.15, 0.2) is 0 Å². The average molecular weight is 238 g/mol. The van der Waals surface area contributed by atoms with Crippen molar-refractivity contribution in [3.63, 3.8) is 0 Å². The topological polar surface area (TPSA) is 0 Å². The highest BCUT2D eigenvalue weighted by Crippen LogP contribution is 2.14. The minimum atomic E-state index is 1.12. The van der Waals surface area contributed by atoms with Gasteiger partial charge >= 0.3 is 0 Å². The van der Waals surface area contributed by atoms with Gasteiger partial charge in [-0.15, -0.1) is 0 Å². The standard InChI is InChI=1S/C17H34/c1-4-5-6-7-8-9-10-11-12-13-14-15-16-17(2)3/h1,4-16H2,2-3H3. The third kappa shape index (κ3) is 16.0. The van der Waals surface area contributed by atoms with E-state index in [1.807, 2.05) is 0 Å². The molecule has 0 amide bonds. The zero-order valence-electron chi connectivity index (χ0n) is 12.4. The van der Waals surface area contributed by atoms with Crippen LogP contribution in [0.1, 0.15) is 97.3 Å². The molecule has 0 atom stereocenters. The van der Waals surface area contributed by atoms with Gasteiger partial charge in [0, 0.05) is 0 Å². The van der Waals surface area contributed by atoms with E-state index < -0.39 is 0 Å². The van der Waals surface area contributed by atoms with Crippen LogP contribution in [-0.4, -0.2) is 0 Å². The van der Waals surface area contributed by atoms with Gasteiger partial charge in [0.25, 0.3) is 0 Å². The van der Waals surface area contributed by atoms with E-state index in [-0.39, 0.29) is 0 Å². The van der Waals surface area contributed by atoms with E-state index in [1.54, 1.807) is 5.92 Å². The fourth-order valence-corrected chi connectivity index (χ4v) is 2.25. The van der Waals surface area contributed by atoms with Crippen LogP contribution in [0.5, 0.6) is 0 Å². The van der Waals surface area contributed by atoms with Crippen molar-refractivity contribution in [3.8, 4) is 0 Å². The molecule has 2 radical (unpaired) electrons. The van der Waals surface area contributed by atoms with E-state index in [0.29, 0.717) is 0 Å². The molecule has 0 bridgehead atoms. The summed E-state index contributed by atoms with van der Waals surface area (Å²) in [5.41, 5.74) is 0. The maximum Gasteiger partial charge on any atom is -0.0303 e. The van der Waals surface area contributed by atoms with E-state index in [9.17, 15) is 0 Å². The van der Waals surface area contributed by atoms with Gasteiger partial charge in [0.05, 0.1) is 0 Å². The Balaban J connectivity index is 2.89. The largest absolute Gasteiger partial charge is 0.0594 e. The lowest BCUT2D eigenvalue weighted by molar-refractivity contribution is 0.543. The average Bonchev–Trinajstić information content (AvgIpc) is 2.30. The summed E-state index contributed by atoms with van der Waals surface area (Å²) in [6, 6.07) is 0. The SMILES string of the molecule is [CH2]CCCCCCCCCCCCC[C](C)C. The number of hydrogen-bond acceptors (Lipinski definition) is 0. The number of rotatable bonds is 13. The fourth-order valence-electron chi connectivity index (χ4n) is 2.25. The van der Waals surface area contributed by atoms with Gasteiger partial charge in [-0.25, -0.2) is 0 Å². The summed E-state index contributed by atoms with van der Waals surface area (Å²) in [6.07, 6.45) is 18.2. The van der Waals surface area contributed by atoms with Crippen LogP contribution in [0.25, 0.3) is 0 Å². The molecule has 0 saturated heterocycles. The zero-order chi connectivity index (χ0) is 12.8. The molecule has 0 fully saturated rings. The Morgan fingerprint density at radius 3 is 1.29 bits per heavy atom. The van der Waals surface area contributed by atoms with Crippen molar-refractivity contribution in [1.82, 2.24) is 0 Å². The lowest BCUT2D eigenvalue weighted by Gasteiger charge is -2.04. The van der Waals surface area contributed by atoms with Crippen LogP contribution in [0.3, 0.4) is 0 Å². The van der Waals surface area contributed by atoms with Gasteiger partial charge in [0.2, 0.25) is 0 Å². The molecule has 0 aliphatic carbocycles. The minimum Gasteiger partial charge on any atom is -0.0594 e. The Morgan fingerprint density at radius 1 is 0.588 bits per heavy atom. The van der Waals surface area contributed by atoms with Crippen molar-refractivity contribution < 1.29 is 0 Å². The van der Waals surface area contributed by atoms with Gasteiger partial charge in [-0.2, -0.15) is 0 Å². The van der Waals surface area contributed by atoms with Crippen LogP contribution < -0.4 is 0 Å². The molecule has 0 saturated carbocycles. The summed E-state index contributed by atoms with van der Waals surface area (Å²) in [5, 5.41) is 0. The molecule has 0 heterocycles. The van der Waals surface area contributed by atoms with Crippen molar-refractivity contribution in [2.24, 2.45) is 0 Å². The second-order valence-corrected chi connectivity index (χ2v) is 5.70. The Hall–Kier alpha value is 0. The molecule has 0 aromatic heterocycles. The quantitative estimate of drug-likeness (QED) is 0.321. The molecule has 0 heteroatoms. The van der Waals surface area contributed by atoms with Gasteiger partial charge in [-0.1, -0.05) is 97.8 Å². The van der Waals surface area contributed by atoms with Gasteiger partial charge in [0.15, 0.2) is 0 Å². The summed E-state index contributed by atoms with van der Waals surface area (Å²) in [7, 11) is 0. The van der Waals surface area contributed by atoms with E-state index in [1.165, 1.54) is 77.0 Å². The first-order chi connectivity index (χ1) is 8.27. The molecule has 0 nitrogen and oxygen atoms in total. The number of hydrogen-bond donors (Lipinski definition) is 0. The van der Waals surface area contributed by atoms with Crippen molar-refractivity contribution in [2.75, 3.05) is 0 Å². The van der Waals surface area contributed by atoms with Gasteiger partial charge < -0.3 is 0 Å². The highest BCUT2D eigenvalue weighted by atomic mass is 14.0. The van der Waals surface area contributed by atoms with Crippen LogP contribution in [0.2, 0.25) is 0 Å². The highest BCUT2D eigenvalue weighted by Gasteiger charge is 1.95. The van der Waals surface area contributed by atoms with Gasteiger partial charge in [0.1, 0.15) is 0 Å². The third-order valence-corrected chi connectivity index (χ3v) is 3.43. The smallest absolute Gasteiger partial charge is 0.0303 e. The summed E-state index contributed by atoms with van der Waals surface area (Å²) >= 11 is 0. The zero-order valence-corrected chi connectivity index (χ0v) is 12.4. The highest BCUT2D eigenvalue weighted by molar-refractivity contribution is 4.75. The van der Waals surface area contributed by atoms with Gasteiger partial charge in [-0.05, 0) is 12.3 Å². The second-order valence-electron chi connectivity index (χ2n) is 5.70. The van der Waals surface area contributed by atoms with E-state index in [0.717, 1.165) is 6.42 Å². The predicted octanol–water partition coefficient (Wildman–Crippen LogP) is 6.51. The first-order valence-electron chi connectivity index (χ1n) is 7.85. The Labute approximate surface area is 111 Å². The maximum atomic E-state index is 3.88. The summed E-state index contributed by atoms with van der Waals surface area (Å²) < 4.78 is 0. The van der Waals surface area contributed by atoms with E-state index in [4.69, 9.17) is 0 Å². The van der Waals surface area contributed by atoms with Crippen molar-refractivity contribution in [1.29, 1.82) is 0 Å². The lowest BCUT2D eigenvalue weighted by atomic mass is 10.0. The van der Waals surface area contributed by atoms with Crippen molar-refractivity contribution in [3.05, 3.63) is 12.8 Å². The minimum absolute atomic E-state index is 1.12. The normalized spacial score (nSPS) is 11.3. The predicted molar refractivity (Wildman–Crippen MR) is 80.0 cm³/mol. The van der Waals surface area contributed by atoms with Crippen molar-refractivity contribution in [2.45, 2.75) is 97.3 Å². The molecule has 17 heavy (non-hydrogen) atoms. The molecule has 0 aliphatic rings. The monoisotopic (exact) mass is 238 g/mol. The first-order valence-corrected chi connectivity index (χ1v) is 7.85. The Kier molecular flexibility index (Phi) is 14.1. The van der Waals surface area contributed by atoms with Crippen LogP contribution in [-0.2, 0) is 0 Å². The molecule has 102 valence electrons. The molecule has 0 spiro atoms. The third-order valence-electron chi connectivity index (χ3n) is 3.43. The molecule has 0 unspecified atom stereocenters. The van der Waals surface area contributed by atoms with Gasteiger partial charge in [-0.3, -0.25) is 0 Å².